The summed E-state index contributed by atoms with van der Waals surface area (Å²) in [5.74, 6) is 6.49. The van der Waals surface area contributed by atoms with Gasteiger partial charge in [0.25, 0.3) is 0 Å². The van der Waals surface area contributed by atoms with Crippen LogP contribution in [0.25, 0.3) is 0 Å². The average Bonchev–Trinajstić information content (AvgIpc) is 3.75. The normalized spacial score (nSPS) is 36.9. The van der Waals surface area contributed by atoms with Gasteiger partial charge in [0.05, 0.1) is 0 Å². The molecule has 0 N–H and O–H groups in total. The highest BCUT2D eigenvalue weighted by Gasteiger charge is 2.65. The first-order chi connectivity index (χ1) is 22.5. The standard InChI is InChI=1S/C9H16.2C8H14.C8H16.C7H12F2.C7H14/c1-7(2)9-4-8(3,5-9)6-9;1-6(2)8-3-7(4-8)5-8;1-6(2)7-5-8(7)3-4-8;1-7(2)8(3)5-4-6-8;1-5(2)6-3-7(8,9)4-6;1-6(2)7-4-3-5-7/h7H,4-6H2,1-3H3;2*6-7H,3-5H2,1-2H3;7H,4-6H2,1-3H3;5-6H,3-4H2,1-2H3;6-7H,3-5H2,1-2H3. The SMILES string of the molecule is CC(C)C1(C)CCC1.CC(C)C12CC(C)(C1)C2.CC(C)C12CC(C1)C2.CC(C)C1CC(F)(F)C1.CC(C)C1CC12CC2.CC(C)C1CCC1. The molecule has 4 bridgehead atoms. The Morgan fingerprint density at radius 1 is 0.490 bits per heavy atom. The number of hydrogen-bond acceptors (Lipinski definition) is 0. The van der Waals surface area contributed by atoms with E-state index in [-0.39, 0.29) is 18.8 Å². The second kappa shape index (κ2) is 15.3. The van der Waals surface area contributed by atoms with Crippen LogP contribution in [-0.2, 0) is 0 Å². The molecule has 0 nitrogen and oxygen atoms in total. The third-order valence-electron chi connectivity index (χ3n) is 16.9. The van der Waals surface area contributed by atoms with Crippen molar-refractivity contribution in [1.29, 1.82) is 0 Å². The van der Waals surface area contributed by atoms with E-state index < -0.39 is 5.92 Å². The zero-order valence-corrected chi connectivity index (χ0v) is 35.6. The van der Waals surface area contributed by atoms with Gasteiger partial charge >= 0.3 is 0 Å². The highest BCUT2D eigenvalue weighted by molar-refractivity contribution is 5.15. The Balaban J connectivity index is 0.000000133. The van der Waals surface area contributed by atoms with Crippen LogP contribution in [0, 0.1) is 86.3 Å². The molecular formula is C47H86F2. The molecule has 49 heavy (non-hydrogen) atoms. The summed E-state index contributed by atoms with van der Waals surface area (Å²) in [7, 11) is 0. The Labute approximate surface area is 306 Å². The van der Waals surface area contributed by atoms with E-state index in [2.05, 4.69) is 83.1 Å². The van der Waals surface area contributed by atoms with Crippen molar-refractivity contribution in [3.05, 3.63) is 0 Å². The fraction of sp³-hybridized carbons (Fsp3) is 1.00. The van der Waals surface area contributed by atoms with Gasteiger partial charge in [0.1, 0.15) is 0 Å². The molecule has 0 saturated heterocycles. The largest absolute Gasteiger partial charge is 0.248 e. The summed E-state index contributed by atoms with van der Waals surface area (Å²) in [4.78, 5) is 0. The van der Waals surface area contributed by atoms with Gasteiger partial charge in [-0.3, -0.25) is 0 Å². The maximum atomic E-state index is 12.1. The van der Waals surface area contributed by atoms with Crippen molar-refractivity contribution >= 4 is 0 Å². The van der Waals surface area contributed by atoms with Crippen molar-refractivity contribution in [2.45, 2.75) is 212 Å². The highest BCUT2D eigenvalue weighted by atomic mass is 19.3. The predicted molar refractivity (Wildman–Crippen MR) is 210 cm³/mol. The van der Waals surface area contributed by atoms with Gasteiger partial charge in [0, 0.05) is 12.8 Å². The first-order valence-electron chi connectivity index (χ1n) is 21.9. The molecule has 0 aromatic carbocycles. The van der Waals surface area contributed by atoms with Crippen LogP contribution in [0.2, 0.25) is 0 Å². The monoisotopic (exact) mass is 689 g/mol. The first-order valence-corrected chi connectivity index (χ1v) is 21.9. The van der Waals surface area contributed by atoms with Crippen molar-refractivity contribution in [3.8, 4) is 0 Å². The summed E-state index contributed by atoms with van der Waals surface area (Å²) < 4.78 is 24.3. The van der Waals surface area contributed by atoms with Crippen LogP contribution < -0.4 is 0 Å². The van der Waals surface area contributed by atoms with Crippen molar-refractivity contribution in [2.24, 2.45) is 86.3 Å². The molecule has 11 saturated carbocycles. The third-order valence-corrected chi connectivity index (χ3v) is 16.9. The van der Waals surface area contributed by atoms with Crippen molar-refractivity contribution < 1.29 is 8.78 Å². The molecule has 1 spiro atoms. The number of halogens is 2. The topological polar surface area (TPSA) is 0 Å². The lowest BCUT2D eigenvalue weighted by molar-refractivity contribution is -0.217. The number of rotatable bonds is 6. The molecule has 1 atom stereocenters. The number of hydrogen-bond donors (Lipinski definition) is 0. The lowest BCUT2D eigenvalue weighted by Crippen LogP contribution is -2.62. The molecule has 0 aromatic rings. The first kappa shape index (κ1) is 41.6. The zero-order valence-electron chi connectivity index (χ0n) is 35.6. The average molecular weight is 689 g/mol. The Morgan fingerprint density at radius 2 is 0.959 bits per heavy atom. The van der Waals surface area contributed by atoms with Crippen LogP contribution in [0.5, 0.6) is 0 Å². The van der Waals surface area contributed by atoms with Crippen LogP contribution in [0.3, 0.4) is 0 Å². The summed E-state index contributed by atoms with van der Waals surface area (Å²) in [6, 6.07) is 0. The smallest absolute Gasteiger partial charge is 0.207 e. The minimum Gasteiger partial charge on any atom is -0.207 e. The molecule has 0 radical (unpaired) electrons. The van der Waals surface area contributed by atoms with E-state index in [1.54, 1.807) is 38.5 Å². The lowest BCUT2D eigenvalue weighted by atomic mass is 9.33. The van der Waals surface area contributed by atoms with Gasteiger partial charge in [0.15, 0.2) is 0 Å². The molecular weight excluding hydrogens is 603 g/mol. The fourth-order valence-corrected chi connectivity index (χ4v) is 10.9. The van der Waals surface area contributed by atoms with Gasteiger partial charge in [-0.2, -0.15) is 0 Å². The molecule has 11 fully saturated rings. The Bertz CT molecular complexity index is 963. The molecule has 0 heterocycles. The Hall–Kier alpha value is -0.140. The van der Waals surface area contributed by atoms with Gasteiger partial charge in [-0.15, -0.1) is 0 Å². The molecule has 11 aliphatic rings. The van der Waals surface area contributed by atoms with E-state index in [1.807, 2.05) is 13.8 Å². The van der Waals surface area contributed by atoms with Crippen molar-refractivity contribution in [2.75, 3.05) is 0 Å². The molecule has 2 heteroatoms. The molecule has 0 aromatic heterocycles. The molecule has 0 amide bonds. The van der Waals surface area contributed by atoms with E-state index in [1.165, 1.54) is 57.8 Å². The van der Waals surface area contributed by atoms with E-state index in [0.29, 0.717) is 5.92 Å². The fourth-order valence-electron chi connectivity index (χ4n) is 10.9. The highest BCUT2D eigenvalue weighted by Crippen LogP contribution is 2.76. The molecule has 0 aliphatic heterocycles. The lowest BCUT2D eigenvalue weighted by Gasteiger charge is -2.72. The molecule has 288 valence electrons. The van der Waals surface area contributed by atoms with Crippen LogP contribution in [0.4, 0.5) is 8.78 Å². The van der Waals surface area contributed by atoms with Crippen LogP contribution in [0.15, 0.2) is 0 Å². The van der Waals surface area contributed by atoms with E-state index in [9.17, 15) is 8.78 Å². The number of alkyl halides is 2. The van der Waals surface area contributed by atoms with Crippen molar-refractivity contribution in [1.82, 2.24) is 0 Å². The summed E-state index contributed by atoms with van der Waals surface area (Å²) in [5, 5.41) is 0. The minimum absolute atomic E-state index is 0.116. The molecule has 11 aliphatic carbocycles. The van der Waals surface area contributed by atoms with Gasteiger partial charge in [-0.25, -0.2) is 8.78 Å². The van der Waals surface area contributed by atoms with Crippen LogP contribution in [-0.4, -0.2) is 5.92 Å². The van der Waals surface area contributed by atoms with E-state index in [0.717, 1.165) is 74.4 Å². The van der Waals surface area contributed by atoms with Gasteiger partial charge in [-0.05, 0) is 157 Å². The summed E-state index contributed by atoms with van der Waals surface area (Å²) in [6.07, 6.45) is 23.0. The van der Waals surface area contributed by atoms with Gasteiger partial charge in [0.2, 0.25) is 5.92 Å². The summed E-state index contributed by atoms with van der Waals surface area (Å²) in [6.45, 7) is 32.3. The quantitative estimate of drug-likeness (QED) is 0.261. The summed E-state index contributed by atoms with van der Waals surface area (Å²) >= 11 is 0. The molecule has 11 rings (SSSR count). The van der Waals surface area contributed by atoms with Crippen molar-refractivity contribution in [3.63, 3.8) is 0 Å². The third kappa shape index (κ3) is 9.89. The summed E-state index contributed by atoms with van der Waals surface area (Å²) in [5.41, 5.74) is 4.16. The Morgan fingerprint density at radius 3 is 1.02 bits per heavy atom. The second-order valence-corrected chi connectivity index (χ2v) is 22.6. The zero-order chi connectivity index (χ0) is 36.8. The van der Waals surface area contributed by atoms with Gasteiger partial charge in [-0.1, -0.05) is 123 Å². The van der Waals surface area contributed by atoms with E-state index >= 15 is 0 Å². The second-order valence-electron chi connectivity index (χ2n) is 22.6. The van der Waals surface area contributed by atoms with Crippen LogP contribution >= 0.6 is 0 Å². The van der Waals surface area contributed by atoms with Crippen LogP contribution in [0.1, 0.15) is 206 Å². The predicted octanol–water partition coefficient (Wildman–Crippen LogP) is 15.7. The minimum atomic E-state index is -2.32. The van der Waals surface area contributed by atoms with E-state index in [4.69, 9.17) is 0 Å². The maximum Gasteiger partial charge on any atom is 0.248 e. The maximum absolute atomic E-state index is 12.1. The Kier molecular flexibility index (Phi) is 13.0. The van der Waals surface area contributed by atoms with Gasteiger partial charge < -0.3 is 0 Å². The molecule has 1 unspecified atom stereocenters.